The Labute approximate surface area is 144 Å². The molecule has 5 nitrogen and oxygen atoms in total. The van der Waals surface area contributed by atoms with Crippen molar-refractivity contribution in [2.45, 2.75) is 19.9 Å². The van der Waals surface area contributed by atoms with Crippen LogP contribution in [0.25, 0.3) is 0 Å². The molecule has 0 saturated carbocycles. The van der Waals surface area contributed by atoms with Crippen molar-refractivity contribution in [1.82, 2.24) is 5.32 Å². The van der Waals surface area contributed by atoms with Crippen LogP contribution in [-0.2, 0) is 9.63 Å². The number of nitrogens with one attached hydrogen (secondary N) is 1. The second-order valence-corrected chi connectivity index (χ2v) is 6.52. The van der Waals surface area contributed by atoms with Crippen LogP contribution in [0, 0.1) is 11.7 Å². The zero-order chi connectivity index (χ0) is 17.5. The lowest BCUT2D eigenvalue weighted by Gasteiger charge is -2.22. The van der Waals surface area contributed by atoms with Crippen molar-refractivity contribution in [2.75, 3.05) is 6.61 Å². The van der Waals surface area contributed by atoms with Crippen LogP contribution in [0.15, 0.2) is 46.9 Å². The average Bonchev–Trinajstić information content (AvgIpc) is 3.08. The molecule has 1 atom stereocenters. The van der Waals surface area contributed by atoms with Crippen LogP contribution in [0.1, 0.15) is 30.3 Å². The van der Waals surface area contributed by atoms with E-state index in [1.165, 1.54) is 23.5 Å². The summed E-state index contributed by atoms with van der Waals surface area (Å²) in [6.45, 7) is 3.71. The Balaban J connectivity index is 1.91. The van der Waals surface area contributed by atoms with Crippen molar-refractivity contribution in [3.63, 3.8) is 0 Å². The Kier molecular flexibility index (Phi) is 6.31. The maximum atomic E-state index is 13.0. The van der Waals surface area contributed by atoms with Gasteiger partial charge in [-0.3, -0.25) is 4.79 Å². The van der Waals surface area contributed by atoms with Gasteiger partial charge in [0.1, 0.15) is 5.82 Å². The summed E-state index contributed by atoms with van der Waals surface area (Å²) in [6.07, 6.45) is 0. The van der Waals surface area contributed by atoms with Crippen LogP contribution in [-0.4, -0.2) is 18.3 Å². The van der Waals surface area contributed by atoms with Gasteiger partial charge in [0.05, 0.1) is 10.9 Å². The SMILES string of the molecule is CC(C)C(NC(=O)CO/N=C(\N)c1cccs1)c1ccc(F)cc1. The molecule has 2 rings (SSSR count). The van der Waals surface area contributed by atoms with Crippen molar-refractivity contribution in [3.8, 4) is 0 Å². The van der Waals surface area contributed by atoms with Gasteiger partial charge in [-0.1, -0.05) is 37.2 Å². The van der Waals surface area contributed by atoms with Gasteiger partial charge in [0.2, 0.25) is 0 Å². The second-order valence-electron chi connectivity index (χ2n) is 5.57. The maximum Gasteiger partial charge on any atom is 0.261 e. The third-order valence-corrected chi connectivity index (χ3v) is 4.24. The van der Waals surface area contributed by atoms with Crippen molar-refractivity contribution in [2.24, 2.45) is 16.8 Å². The van der Waals surface area contributed by atoms with Crippen molar-refractivity contribution < 1.29 is 14.0 Å². The number of rotatable bonds is 7. The minimum Gasteiger partial charge on any atom is -0.384 e. The highest BCUT2D eigenvalue weighted by Gasteiger charge is 2.18. The number of nitrogens with two attached hydrogens (primary N) is 1. The van der Waals surface area contributed by atoms with Crippen LogP contribution in [0.3, 0.4) is 0 Å². The molecule has 3 N–H and O–H groups in total. The molecule has 0 spiro atoms. The fourth-order valence-corrected chi connectivity index (χ4v) is 2.77. The summed E-state index contributed by atoms with van der Waals surface area (Å²) in [5.41, 5.74) is 6.58. The van der Waals surface area contributed by atoms with E-state index in [0.29, 0.717) is 0 Å². The van der Waals surface area contributed by atoms with Crippen molar-refractivity contribution >= 4 is 23.1 Å². The smallest absolute Gasteiger partial charge is 0.261 e. The summed E-state index contributed by atoms with van der Waals surface area (Å²) in [7, 11) is 0. The monoisotopic (exact) mass is 349 g/mol. The minimum absolute atomic E-state index is 0.138. The predicted octanol–water partition coefficient (Wildman–Crippen LogP) is 3.04. The quantitative estimate of drug-likeness (QED) is 0.458. The first-order valence-corrected chi connectivity index (χ1v) is 8.39. The molecular weight excluding hydrogens is 329 g/mol. The lowest BCUT2D eigenvalue weighted by Crippen LogP contribution is -2.34. The summed E-state index contributed by atoms with van der Waals surface area (Å²) >= 11 is 1.44. The number of thiophene rings is 1. The minimum atomic E-state index is -0.319. The predicted molar refractivity (Wildman–Crippen MR) is 93.1 cm³/mol. The van der Waals surface area contributed by atoms with Crippen LogP contribution in [0.2, 0.25) is 0 Å². The molecule has 24 heavy (non-hydrogen) atoms. The molecule has 7 heteroatoms. The van der Waals surface area contributed by atoms with Gasteiger partial charge in [-0.25, -0.2) is 4.39 Å². The van der Waals surface area contributed by atoms with Crippen LogP contribution in [0.4, 0.5) is 4.39 Å². The highest BCUT2D eigenvalue weighted by atomic mass is 32.1. The molecule has 1 unspecified atom stereocenters. The third kappa shape index (κ3) is 5.06. The molecule has 128 valence electrons. The van der Waals surface area contributed by atoms with Gasteiger partial charge in [0, 0.05) is 0 Å². The Hall–Kier alpha value is -2.41. The largest absolute Gasteiger partial charge is 0.384 e. The van der Waals surface area contributed by atoms with E-state index in [2.05, 4.69) is 10.5 Å². The molecule has 0 aliphatic heterocycles. The fourth-order valence-electron chi connectivity index (χ4n) is 2.15. The molecule has 1 aromatic carbocycles. The van der Waals surface area contributed by atoms with Gasteiger partial charge in [-0.05, 0) is 35.1 Å². The molecule has 0 aliphatic rings. The molecule has 0 saturated heterocycles. The summed E-state index contributed by atoms with van der Waals surface area (Å²) < 4.78 is 13.0. The number of oxime groups is 1. The number of benzene rings is 1. The Bertz CT molecular complexity index is 684. The van der Waals surface area contributed by atoms with Gasteiger partial charge < -0.3 is 15.9 Å². The number of nitrogens with zero attached hydrogens (tertiary/aromatic N) is 1. The molecule has 2 aromatic rings. The van der Waals surface area contributed by atoms with Crippen molar-refractivity contribution in [1.29, 1.82) is 0 Å². The summed E-state index contributed by atoms with van der Waals surface area (Å²) in [6, 6.07) is 9.50. The van der Waals surface area contributed by atoms with E-state index < -0.39 is 0 Å². The number of carbonyl (C=O) groups is 1. The number of hydrogen-bond acceptors (Lipinski definition) is 4. The van der Waals surface area contributed by atoms with Crippen molar-refractivity contribution in [3.05, 3.63) is 58.0 Å². The van der Waals surface area contributed by atoms with Crippen LogP contribution < -0.4 is 11.1 Å². The van der Waals surface area contributed by atoms with E-state index in [1.54, 1.807) is 12.1 Å². The van der Waals surface area contributed by atoms with E-state index in [9.17, 15) is 9.18 Å². The summed E-state index contributed by atoms with van der Waals surface area (Å²) in [4.78, 5) is 17.8. The average molecular weight is 349 g/mol. The molecular formula is C17H20FN3O2S. The molecule has 0 fully saturated rings. The van der Waals surface area contributed by atoms with E-state index in [4.69, 9.17) is 10.6 Å². The number of amidine groups is 1. The number of halogens is 1. The Morgan fingerprint density at radius 2 is 2.04 bits per heavy atom. The Morgan fingerprint density at radius 3 is 2.62 bits per heavy atom. The molecule has 0 aliphatic carbocycles. The number of carbonyl (C=O) groups excluding carboxylic acids is 1. The van der Waals surface area contributed by atoms with Gasteiger partial charge in [-0.15, -0.1) is 11.3 Å². The topological polar surface area (TPSA) is 76.7 Å². The molecule has 1 amide bonds. The first kappa shape index (κ1) is 17.9. The van der Waals surface area contributed by atoms with Gasteiger partial charge in [-0.2, -0.15) is 0 Å². The van der Waals surface area contributed by atoms with Gasteiger partial charge in [0.25, 0.3) is 5.91 Å². The molecule has 0 bridgehead atoms. The first-order chi connectivity index (χ1) is 11.5. The second kappa shape index (κ2) is 8.44. The van der Waals surface area contributed by atoms with Crippen LogP contribution >= 0.6 is 11.3 Å². The van der Waals surface area contributed by atoms with Gasteiger partial charge in [0.15, 0.2) is 12.4 Å². The third-order valence-electron chi connectivity index (χ3n) is 3.34. The fraction of sp³-hybridized carbons (Fsp3) is 0.294. The summed E-state index contributed by atoms with van der Waals surface area (Å²) in [5.74, 6) is -0.258. The van der Waals surface area contributed by atoms with E-state index in [1.807, 2.05) is 31.4 Å². The maximum absolute atomic E-state index is 13.0. The lowest BCUT2D eigenvalue weighted by molar-refractivity contribution is -0.126. The lowest BCUT2D eigenvalue weighted by atomic mass is 9.96. The Morgan fingerprint density at radius 1 is 1.33 bits per heavy atom. The van der Waals surface area contributed by atoms with Crippen LogP contribution in [0.5, 0.6) is 0 Å². The zero-order valence-electron chi connectivity index (χ0n) is 13.5. The van der Waals surface area contributed by atoms with E-state index in [-0.39, 0.29) is 36.1 Å². The van der Waals surface area contributed by atoms with E-state index in [0.717, 1.165) is 10.4 Å². The molecule has 0 radical (unpaired) electrons. The van der Waals surface area contributed by atoms with Gasteiger partial charge >= 0.3 is 0 Å². The number of amides is 1. The number of hydrogen-bond donors (Lipinski definition) is 2. The van der Waals surface area contributed by atoms with E-state index >= 15 is 0 Å². The first-order valence-electron chi connectivity index (χ1n) is 7.51. The molecule has 1 aromatic heterocycles. The highest BCUT2D eigenvalue weighted by Crippen LogP contribution is 2.21. The molecule has 1 heterocycles. The standard InChI is InChI=1S/C17H20FN3O2S/c1-11(2)16(12-5-7-13(18)8-6-12)20-15(22)10-23-21-17(19)14-4-3-9-24-14/h3-9,11,16H,10H2,1-2H3,(H2,19,21)(H,20,22). The normalized spacial score (nSPS) is 12.9. The highest BCUT2D eigenvalue weighted by molar-refractivity contribution is 7.12. The summed E-state index contributed by atoms with van der Waals surface area (Å²) in [5, 5.41) is 8.48. The zero-order valence-corrected chi connectivity index (χ0v) is 14.3.